The van der Waals surface area contributed by atoms with Crippen LogP contribution in [-0.2, 0) is 17.4 Å². The Kier molecular flexibility index (Phi) is 13.2. The van der Waals surface area contributed by atoms with Gasteiger partial charge in [-0.3, -0.25) is 0 Å². The summed E-state index contributed by atoms with van der Waals surface area (Å²) in [6.45, 7) is 6.55. The third-order valence-electron chi connectivity index (χ3n) is 3.27. The van der Waals surface area contributed by atoms with Gasteiger partial charge in [-0.2, -0.15) is 20.1 Å². The number of benzene rings is 2. The zero-order valence-corrected chi connectivity index (χ0v) is 17.4. The van der Waals surface area contributed by atoms with Crippen LogP contribution in [0.4, 0.5) is 13.2 Å². The number of carbonyl (C=O) groups excluding carboxylic acids is 1. The fourth-order valence-electron chi connectivity index (χ4n) is 2.04. The molecule has 25 heavy (non-hydrogen) atoms. The fourth-order valence-corrected chi connectivity index (χ4v) is 2.04. The molecule has 0 saturated heterocycles. The normalized spacial score (nSPS) is 9.84. The maximum atomic E-state index is 12.5. The van der Waals surface area contributed by atoms with Crippen LogP contribution in [0.25, 0.3) is 11.1 Å². The van der Waals surface area contributed by atoms with Gasteiger partial charge in [0.15, 0.2) is 0 Å². The standard InChI is InChI=1S/C17H15F3O.C2H5.BrH.Mg/c1-12(21)2-3-13-4-6-14(7-5-13)15-8-10-16(11-9-15)17(18,19)20;1-2;;/h4-11H,2-3H2,1H3;1H2,2H3;1H;/q;-1;;+2/p-1. The first-order valence-electron chi connectivity index (χ1n) is 7.33. The molecule has 0 amide bonds. The number of rotatable bonds is 4. The summed E-state index contributed by atoms with van der Waals surface area (Å²) in [5.74, 6) is 0.141. The molecule has 0 spiro atoms. The third kappa shape index (κ3) is 8.88. The molecule has 0 N–H and O–H groups in total. The van der Waals surface area contributed by atoms with Crippen molar-refractivity contribution in [2.75, 3.05) is 0 Å². The topological polar surface area (TPSA) is 17.1 Å². The summed E-state index contributed by atoms with van der Waals surface area (Å²) < 4.78 is 37.5. The Morgan fingerprint density at radius 2 is 1.32 bits per heavy atom. The number of hydrogen-bond acceptors (Lipinski definition) is 1. The van der Waals surface area contributed by atoms with Crippen LogP contribution in [0.3, 0.4) is 0 Å². The van der Waals surface area contributed by atoms with E-state index in [1.807, 2.05) is 24.3 Å². The largest absolute Gasteiger partial charge is 2.00 e. The van der Waals surface area contributed by atoms with Crippen LogP contribution < -0.4 is 17.0 Å². The van der Waals surface area contributed by atoms with Crippen molar-refractivity contribution in [3.8, 4) is 11.1 Å². The van der Waals surface area contributed by atoms with E-state index in [1.54, 1.807) is 13.8 Å². The Labute approximate surface area is 173 Å². The molecule has 1 nitrogen and oxygen atoms in total. The zero-order chi connectivity index (χ0) is 17.5. The van der Waals surface area contributed by atoms with E-state index in [1.165, 1.54) is 12.1 Å². The van der Waals surface area contributed by atoms with Gasteiger partial charge >= 0.3 is 29.2 Å². The van der Waals surface area contributed by atoms with Gasteiger partial charge in [0, 0.05) is 6.42 Å². The van der Waals surface area contributed by atoms with Crippen LogP contribution in [0.5, 0.6) is 0 Å². The molecule has 2 aromatic carbocycles. The first kappa shape index (κ1) is 26.4. The summed E-state index contributed by atoms with van der Waals surface area (Å²) in [7, 11) is 0. The Bertz CT molecular complexity index is 623. The van der Waals surface area contributed by atoms with Gasteiger partial charge < -0.3 is 28.7 Å². The van der Waals surface area contributed by atoms with Crippen LogP contribution in [-0.4, -0.2) is 28.8 Å². The van der Waals surface area contributed by atoms with E-state index in [9.17, 15) is 18.0 Å². The molecule has 0 unspecified atom stereocenters. The monoisotopic (exact) mass is 424 g/mol. The SMILES string of the molecule is CC(=O)CCc1ccc(-c2ccc(C(F)(F)F)cc2)cc1.[Br-].[CH2-]C.[Mg+2]. The first-order valence-corrected chi connectivity index (χ1v) is 7.33. The minimum Gasteiger partial charge on any atom is -1.00 e. The number of Topliss-reactive ketones (excluding diaryl/α,β-unsaturated/α-hetero) is 1. The van der Waals surface area contributed by atoms with E-state index in [4.69, 9.17) is 0 Å². The van der Waals surface area contributed by atoms with E-state index in [-0.39, 0.29) is 45.8 Å². The van der Waals surface area contributed by atoms with Gasteiger partial charge in [0.05, 0.1) is 5.56 Å². The second-order valence-electron chi connectivity index (χ2n) is 4.97. The number of carbonyl (C=O) groups is 1. The second-order valence-corrected chi connectivity index (χ2v) is 4.97. The van der Waals surface area contributed by atoms with Crippen molar-refractivity contribution in [3.05, 3.63) is 66.6 Å². The van der Waals surface area contributed by atoms with Gasteiger partial charge in [-0.25, -0.2) is 0 Å². The molecule has 0 fully saturated rings. The predicted molar refractivity (Wildman–Crippen MR) is 92.7 cm³/mol. The zero-order valence-electron chi connectivity index (χ0n) is 14.4. The summed E-state index contributed by atoms with van der Waals surface area (Å²) in [6, 6.07) is 12.6. The summed E-state index contributed by atoms with van der Waals surface area (Å²) in [6.07, 6.45) is -3.13. The van der Waals surface area contributed by atoms with Gasteiger partial charge in [0.25, 0.3) is 0 Å². The molecular formula is C19H20BrF3MgO. The van der Waals surface area contributed by atoms with Crippen molar-refractivity contribution in [1.29, 1.82) is 0 Å². The molecule has 2 aromatic rings. The molecule has 0 aliphatic rings. The van der Waals surface area contributed by atoms with E-state index < -0.39 is 11.7 Å². The molecule has 0 bridgehead atoms. The van der Waals surface area contributed by atoms with Gasteiger partial charge in [0.2, 0.25) is 0 Å². The first-order chi connectivity index (χ1) is 10.9. The minimum atomic E-state index is -4.31. The number of aryl methyl sites for hydroxylation is 1. The van der Waals surface area contributed by atoms with Crippen molar-refractivity contribution in [1.82, 2.24) is 0 Å². The van der Waals surface area contributed by atoms with Crippen LogP contribution in [0.1, 0.15) is 31.4 Å². The third-order valence-corrected chi connectivity index (χ3v) is 3.27. The van der Waals surface area contributed by atoms with Crippen LogP contribution in [0.2, 0.25) is 0 Å². The van der Waals surface area contributed by atoms with Crippen molar-refractivity contribution >= 4 is 28.8 Å². The molecule has 0 aromatic heterocycles. The molecule has 0 atom stereocenters. The van der Waals surface area contributed by atoms with E-state index in [0.29, 0.717) is 12.8 Å². The maximum absolute atomic E-state index is 12.5. The van der Waals surface area contributed by atoms with E-state index in [2.05, 4.69) is 6.92 Å². The predicted octanol–water partition coefficient (Wildman–Crippen LogP) is 2.36. The number of halogens is 4. The van der Waals surface area contributed by atoms with Gasteiger partial charge in [0.1, 0.15) is 5.78 Å². The summed E-state index contributed by atoms with van der Waals surface area (Å²) in [4.78, 5) is 10.9. The van der Waals surface area contributed by atoms with Gasteiger partial charge in [-0.1, -0.05) is 36.4 Å². The van der Waals surface area contributed by atoms with Crippen LogP contribution in [0, 0.1) is 6.92 Å². The van der Waals surface area contributed by atoms with Crippen LogP contribution in [0.15, 0.2) is 48.5 Å². The summed E-state index contributed by atoms with van der Waals surface area (Å²) >= 11 is 0. The minimum absolute atomic E-state index is 0. The maximum Gasteiger partial charge on any atom is 2.00 e. The average Bonchev–Trinajstić information content (AvgIpc) is 2.54. The molecular weight excluding hydrogens is 405 g/mol. The molecule has 0 heterocycles. The number of hydrogen-bond donors (Lipinski definition) is 0. The molecule has 6 heteroatoms. The number of ketones is 1. The Morgan fingerprint density at radius 1 is 0.920 bits per heavy atom. The van der Waals surface area contributed by atoms with Gasteiger partial charge in [-0.15, -0.1) is 0 Å². The van der Waals surface area contributed by atoms with Crippen molar-refractivity contribution in [2.45, 2.75) is 32.9 Å². The molecule has 0 saturated carbocycles. The molecule has 2 rings (SSSR count). The smallest absolute Gasteiger partial charge is 1.00 e. The Morgan fingerprint density at radius 3 is 1.68 bits per heavy atom. The van der Waals surface area contributed by atoms with Crippen molar-refractivity contribution < 1.29 is 34.9 Å². The van der Waals surface area contributed by atoms with Crippen molar-refractivity contribution in [3.63, 3.8) is 0 Å². The fraction of sp³-hybridized carbons (Fsp3) is 0.263. The molecule has 132 valence electrons. The summed E-state index contributed by atoms with van der Waals surface area (Å²) in [5.41, 5.74) is 1.99. The molecule has 0 radical (unpaired) electrons. The Balaban J connectivity index is 0. The van der Waals surface area contributed by atoms with Crippen molar-refractivity contribution in [2.24, 2.45) is 0 Å². The average molecular weight is 426 g/mol. The second kappa shape index (κ2) is 12.5. The molecule has 0 aliphatic carbocycles. The van der Waals surface area contributed by atoms with Crippen LogP contribution >= 0.6 is 0 Å². The Hall–Kier alpha value is -0.854. The quantitative estimate of drug-likeness (QED) is 0.543. The summed E-state index contributed by atoms with van der Waals surface area (Å²) in [5, 5.41) is 0. The van der Waals surface area contributed by atoms with E-state index >= 15 is 0 Å². The van der Waals surface area contributed by atoms with E-state index in [0.717, 1.165) is 28.8 Å². The number of alkyl halides is 3. The van der Waals surface area contributed by atoms with Gasteiger partial charge in [-0.05, 0) is 42.2 Å². The molecule has 0 aliphatic heterocycles.